The van der Waals surface area contributed by atoms with Crippen molar-refractivity contribution in [2.75, 3.05) is 33.7 Å². The SMILES string of the molecule is CCn1nc(C)c(Br)c1CN1CCNCC1C(=O)N(C)C. The molecule has 0 spiro atoms. The molecule has 1 unspecified atom stereocenters. The van der Waals surface area contributed by atoms with Gasteiger partial charge in [-0.1, -0.05) is 0 Å². The molecule has 1 aliphatic rings. The first-order chi connectivity index (χ1) is 9.95. The number of aromatic nitrogens is 2. The van der Waals surface area contributed by atoms with Crippen molar-refractivity contribution < 1.29 is 4.79 Å². The Labute approximate surface area is 134 Å². The normalized spacial score (nSPS) is 19.8. The van der Waals surface area contributed by atoms with Gasteiger partial charge < -0.3 is 10.2 Å². The van der Waals surface area contributed by atoms with Crippen LogP contribution in [0.1, 0.15) is 18.3 Å². The van der Waals surface area contributed by atoms with Crippen molar-refractivity contribution in [1.82, 2.24) is 24.9 Å². The summed E-state index contributed by atoms with van der Waals surface area (Å²) < 4.78 is 3.07. The number of likely N-dealkylation sites (N-methyl/N-ethyl adjacent to an activating group) is 1. The number of piperazine rings is 1. The van der Waals surface area contributed by atoms with E-state index in [9.17, 15) is 4.79 Å². The first kappa shape index (κ1) is 16.5. The van der Waals surface area contributed by atoms with Crippen LogP contribution in [0.4, 0.5) is 0 Å². The van der Waals surface area contributed by atoms with Gasteiger partial charge in [0.1, 0.15) is 6.04 Å². The third-order valence-corrected chi connectivity index (χ3v) is 4.92. The maximum atomic E-state index is 12.4. The molecule has 2 rings (SSSR count). The van der Waals surface area contributed by atoms with Crippen LogP contribution in [0.15, 0.2) is 4.47 Å². The number of carbonyl (C=O) groups excluding carboxylic acids is 1. The molecule has 1 aliphatic heterocycles. The van der Waals surface area contributed by atoms with E-state index in [1.807, 2.05) is 25.7 Å². The van der Waals surface area contributed by atoms with Gasteiger partial charge in [0.05, 0.1) is 15.9 Å². The molecule has 0 radical (unpaired) electrons. The minimum Gasteiger partial charge on any atom is -0.347 e. The van der Waals surface area contributed by atoms with E-state index < -0.39 is 0 Å². The second-order valence-electron chi connectivity index (χ2n) is 5.58. The van der Waals surface area contributed by atoms with Gasteiger partial charge in [-0.05, 0) is 29.8 Å². The highest BCUT2D eigenvalue weighted by Crippen LogP contribution is 2.23. The molecular weight excluding hydrogens is 334 g/mol. The monoisotopic (exact) mass is 357 g/mol. The molecule has 118 valence electrons. The standard InChI is InChI=1S/C14H24BrN5O/c1-5-20-12(13(15)10(2)17-20)9-19-7-6-16-8-11(19)14(21)18(3)4/h11,16H,5-9H2,1-4H3. The van der Waals surface area contributed by atoms with Gasteiger partial charge in [0, 0.05) is 46.8 Å². The molecule has 1 N–H and O–H groups in total. The highest BCUT2D eigenvalue weighted by molar-refractivity contribution is 9.10. The first-order valence-electron chi connectivity index (χ1n) is 7.33. The fourth-order valence-corrected chi connectivity index (χ4v) is 3.10. The molecule has 0 aliphatic carbocycles. The highest BCUT2D eigenvalue weighted by atomic mass is 79.9. The van der Waals surface area contributed by atoms with E-state index >= 15 is 0 Å². The molecule has 6 nitrogen and oxygen atoms in total. The zero-order valence-electron chi connectivity index (χ0n) is 13.2. The van der Waals surface area contributed by atoms with E-state index in [1.54, 1.807) is 4.90 Å². The van der Waals surface area contributed by atoms with Crippen molar-refractivity contribution in [1.29, 1.82) is 0 Å². The van der Waals surface area contributed by atoms with E-state index in [1.165, 1.54) is 0 Å². The molecule has 0 saturated carbocycles. The molecule has 0 aromatic carbocycles. The molecule has 21 heavy (non-hydrogen) atoms. The van der Waals surface area contributed by atoms with Crippen molar-refractivity contribution in [2.24, 2.45) is 0 Å². The van der Waals surface area contributed by atoms with Crippen molar-refractivity contribution in [3.05, 3.63) is 15.9 Å². The van der Waals surface area contributed by atoms with Gasteiger partial charge in [-0.2, -0.15) is 5.10 Å². The second kappa shape index (κ2) is 6.89. The predicted molar refractivity (Wildman–Crippen MR) is 86.1 cm³/mol. The predicted octanol–water partition coefficient (Wildman–Crippen LogP) is 0.836. The smallest absolute Gasteiger partial charge is 0.240 e. The number of nitrogens with one attached hydrogen (secondary N) is 1. The lowest BCUT2D eigenvalue weighted by Crippen LogP contribution is -2.57. The quantitative estimate of drug-likeness (QED) is 0.867. The van der Waals surface area contributed by atoms with Gasteiger partial charge in [-0.15, -0.1) is 0 Å². The fourth-order valence-electron chi connectivity index (χ4n) is 2.69. The molecule has 1 atom stereocenters. The fraction of sp³-hybridized carbons (Fsp3) is 0.714. The summed E-state index contributed by atoms with van der Waals surface area (Å²) in [6, 6.07) is -0.110. The summed E-state index contributed by atoms with van der Waals surface area (Å²) in [6.07, 6.45) is 0. The van der Waals surface area contributed by atoms with E-state index in [0.29, 0.717) is 6.54 Å². The van der Waals surface area contributed by atoms with Crippen LogP contribution in [-0.2, 0) is 17.9 Å². The Balaban J connectivity index is 2.22. The molecule has 1 saturated heterocycles. The van der Waals surface area contributed by atoms with Gasteiger partial charge >= 0.3 is 0 Å². The van der Waals surface area contributed by atoms with E-state index in [4.69, 9.17) is 0 Å². The van der Waals surface area contributed by atoms with Gasteiger partial charge in [0.15, 0.2) is 0 Å². The van der Waals surface area contributed by atoms with Crippen LogP contribution in [0.5, 0.6) is 0 Å². The minimum absolute atomic E-state index is 0.110. The maximum Gasteiger partial charge on any atom is 0.240 e. The van der Waals surface area contributed by atoms with Crippen molar-refractivity contribution in [3.8, 4) is 0 Å². The number of halogens is 1. The third-order valence-electron chi connectivity index (χ3n) is 3.89. The summed E-state index contributed by atoms with van der Waals surface area (Å²) in [5, 5.41) is 7.84. The third kappa shape index (κ3) is 3.46. The van der Waals surface area contributed by atoms with E-state index in [-0.39, 0.29) is 11.9 Å². The zero-order valence-corrected chi connectivity index (χ0v) is 14.8. The number of carbonyl (C=O) groups is 1. The largest absolute Gasteiger partial charge is 0.347 e. The molecule has 1 aromatic rings. The highest BCUT2D eigenvalue weighted by Gasteiger charge is 2.31. The Hall–Kier alpha value is -0.920. The summed E-state index contributed by atoms with van der Waals surface area (Å²) in [5.41, 5.74) is 2.14. The summed E-state index contributed by atoms with van der Waals surface area (Å²) in [5.74, 6) is 0.151. The molecular formula is C14H24BrN5O. The first-order valence-corrected chi connectivity index (χ1v) is 8.12. The Morgan fingerprint density at radius 1 is 1.52 bits per heavy atom. The van der Waals surface area contributed by atoms with E-state index in [2.05, 4.69) is 38.2 Å². The number of aryl methyl sites for hydroxylation is 2. The second-order valence-corrected chi connectivity index (χ2v) is 6.38. The molecule has 0 bridgehead atoms. The van der Waals surface area contributed by atoms with Gasteiger partial charge in [-0.25, -0.2) is 0 Å². The van der Waals surface area contributed by atoms with Gasteiger partial charge in [0.2, 0.25) is 5.91 Å². The summed E-state index contributed by atoms with van der Waals surface area (Å²) in [7, 11) is 3.62. The van der Waals surface area contributed by atoms with Crippen molar-refractivity contribution >= 4 is 21.8 Å². The van der Waals surface area contributed by atoms with Crippen LogP contribution in [0.2, 0.25) is 0 Å². The lowest BCUT2D eigenvalue weighted by atomic mass is 10.1. The summed E-state index contributed by atoms with van der Waals surface area (Å²) in [6.45, 7) is 8.14. The Morgan fingerprint density at radius 3 is 2.86 bits per heavy atom. The topological polar surface area (TPSA) is 53.4 Å². The van der Waals surface area contributed by atoms with Crippen LogP contribution in [-0.4, -0.2) is 65.3 Å². The lowest BCUT2D eigenvalue weighted by Gasteiger charge is -2.36. The Morgan fingerprint density at radius 2 is 2.24 bits per heavy atom. The van der Waals surface area contributed by atoms with Crippen LogP contribution < -0.4 is 5.32 Å². The summed E-state index contributed by atoms with van der Waals surface area (Å²) >= 11 is 3.63. The lowest BCUT2D eigenvalue weighted by molar-refractivity contribution is -0.135. The van der Waals surface area contributed by atoms with Gasteiger partial charge in [0.25, 0.3) is 0 Å². The number of hydrogen-bond acceptors (Lipinski definition) is 4. The van der Waals surface area contributed by atoms with Crippen LogP contribution in [0.3, 0.4) is 0 Å². The maximum absolute atomic E-state index is 12.4. The molecule has 2 heterocycles. The minimum atomic E-state index is -0.110. The van der Waals surface area contributed by atoms with Gasteiger partial charge in [-0.3, -0.25) is 14.4 Å². The molecule has 7 heteroatoms. The zero-order chi connectivity index (χ0) is 15.6. The summed E-state index contributed by atoms with van der Waals surface area (Å²) in [4.78, 5) is 16.3. The van der Waals surface area contributed by atoms with E-state index in [0.717, 1.165) is 42.0 Å². The molecule has 1 aromatic heterocycles. The van der Waals surface area contributed by atoms with Crippen LogP contribution >= 0.6 is 15.9 Å². The number of hydrogen-bond donors (Lipinski definition) is 1. The molecule has 1 amide bonds. The molecule has 1 fully saturated rings. The average Bonchev–Trinajstić information content (AvgIpc) is 2.74. The average molecular weight is 358 g/mol. The van der Waals surface area contributed by atoms with Crippen molar-refractivity contribution in [2.45, 2.75) is 33.0 Å². The number of rotatable bonds is 4. The van der Waals surface area contributed by atoms with Crippen molar-refractivity contribution in [3.63, 3.8) is 0 Å². The van der Waals surface area contributed by atoms with Crippen LogP contribution in [0.25, 0.3) is 0 Å². The Bertz CT molecular complexity index is 514. The number of amides is 1. The van der Waals surface area contributed by atoms with Crippen LogP contribution in [0, 0.1) is 6.92 Å². The number of nitrogens with zero attached hydrogens (tertiary/aromatic N) is 4. The Kier molecular flexibility index (Phi) is 5.40.